The zero-order chi connectivity index (χ0) is 12.6. The lowest BCUT2D eigenvalue weighted by molar-refractivity contribution is -0.402. The molecule has 0 atom stereocenters. The van der Waals surface area contributed by atoms with E-state index in [4.69, 9.17) is 11.6 Å². The van der Waals surface area contributed by atoms with Crippen molar-refractivity contribution in [1.82, 2.24) is 0 Å². The van der Waals surface area contributed by atoms with E-state index in [9.17, 15) is 33.4 Å². The Kier molecular flexibility index (Phi) is 2.99. The van der Waals surface area contributed by atoms with Crippen LogP contribution in [0.15, 0.2) is 0 Å². The van der Waals surface area contributed by atoms with Gasteiger partial charge in [-0.2, -0.15) is 13.2 Å². The fraction of sp³-hybridized carbons (Fsp3) is 0. The zero-order valence-electron chi connectivity index (χ0n) is 7.04. The van der Waals surface area contributed by atoms with Crippen molar-refractivity contribution in [3.05, 3.63) is 42.7 Å². The molecule has 0 bridgehead atoms. The van der Waals surface area contributed by atoms with Crippen molar-refractivity contribution in [2.24, 2.45) is 0 Å². The predicted molar refractivity (Wildman–Crippen MR) is 44.6 cm³/mol. The van der Waals surface area contributed by atoms with Gasteiger partial charge in [-0.3, -0.25) is 20.2 Å². The van der Waals surface area contributed by atoms with Crippen LogP contribution in [0.3, 0.4) is 0 Å². The van der Waals surface area contributed by atoms with Crippen LogP contribution in [0.2, 0.25) is 5.02 Å². The van der Waals surface area contributed by atoms with Crippen LogP contribution >= 0.6 is 11.6 Å². The number of hydrogen-bond acceptors (Lipinski definition) is 4. The Labute approximate surface area is 89.5 Å². The number of halogens is 4. The summed E-state index contributed by atoms with van der Waals surface area (Å²) in [6.07, 6.45) is 0. The van der Waals surface area contributed by atoms with Gasteiger partial charge in [0.15, 0.2) is 0 Å². The highest BCUT2D eigenvalue weighted by molar-refractivity contribution is 6.31. The normalized spacial score (nSPS) is 10.2. The van der Waals surface area contributed by atoms with Gasteiger partial charge in [0, 0.05) is 0 Å². The minimum atomic E-state index is -2.21. The summed E-state index contributed by atoms with van der Waals surface area (Å²) in [7, 11) is 0. The lowest BCUT2D eigenvalue weighted by atomic mass is 10.2. The monoisotopic (exact) mass is 256 g/mol. The highest BCUT2D eigenvalue weighted by atomic mass is 35.5. The maximum Gasteiger partial charge on any atom is 0.349 e. The summed E-state index contributed by atoms with van der Waals surface area (Å²) >= 11 is 4.92. The van der Waals surface area contributed by atoms with Gasteiger partial charge in [-0.1, -0.05) is 11.6 Å². The first-order chi connectivity index (χ1) is 7.29. The highest BCUT2D eigenvalue weighted by Crippen LogP contribution is 2.37. The molecule has 10 heteroatoms. The SMILES string of the molecule is O=[N+]([O-])c1c(F)c(Cl)c(F)c([N+](=O)[O-])c1F. The first kappa shape index (κ1) is 12.2. The Morgan fingerprint density at radius 1 is 0.875 bits per heavy atom. The molecule has 86 valence electrons. The number of hydrogen-bond donors (Lipinski definition) is 0. The minimum Gasteiger partial charge on any atom is -0.258 e. The Morgan fingerprint density at radius 3 is 1.44 bits per heavy atom. The molecule has 0 heterocycles. The number of rotatable bonds is 2. The fourth-order valence-electron chi connectivity index (χ4n) is 0.930. The van der Waals surface area contributed by atoms with Crippen LogP contribution < -0.4 is 0 Å². The first-order valence-electron chi connectivity index (χ1n) is 3.43. The molecule has 0 fully saturated rings. The molecule has 0 aliphatic rings. The maximum atomic E-state index is 13.1. The topological polar surface area (TPSA) is 86.3 Å². The molecule has 1 aromatic carbocycles. The third kappa shape index (κ3) is 1.65. The van der Waals surface area contributed by atoms with Gasteiger partial charge in [-0.05, 0) is 0 Å². The van der Waals surface area contributed by atoms with E-state index < -0.39 is 43.7 Å². The van der Waals surface area contributed by atoms with Crippen LogP contribution in [0.25, 0.3) is 0 Å². The Morgan fingerprint density at radius 2 is 1.19 bits per heavy atom. The van der Waals surface area contributed by atoms with Gasteiger partial charge in [0.1, 0.15) is 5.02 Å². The molecular weight excluding hydrogens is 257 g/mol. The summed E-state index contributed by atoms with van der Waals surface area (Å²) < 4.78 is 38.9. The second kappa shape index (κ2) is 3.93. The van der Waals surface area contributed by atoms with Crippen molar-refractivity contribution in [2.75, 3.05) is 0 Å². The van der Waals surface area contributed by atoms with Crippen LogP contribution in [0, 0.1) is 37.7 Å². The van der Waals surface area contributed by atoms with Crippen molar-refractivity contribution in [3.8, 4) is 0 Å². The molecule has 16 heavy (non-hydrogen) atoms. The van der Waals surface area contributed by atoms with Crippen molar-refractivity contribution < 1.29 is 23.0 Å². The summed E-state index contributed by atoms with van der Waals surface area (Å²) in [6, 6.07) is 0. The fourth-order valence-corrected chi connectivity index (χ4v) is 1.11. The molecule has 0 aliphatic carbocycles. The quantitative estimate of drug-likeness (QED) is 0.352. The standard InChI is InChI=1S/C6ClF3N2O4/c7-1-2(8)5(11(13)14)4(10)6(3(1)9)12(15)16. The lowest BCUT2D eigenvalue weighted by Crippen LogP contribution is -2.05. The van der Waals surface area contributed by atoms with Crippen LogP contribution in [0.4, 0.5) is 24.5 Å². The van der Waals surface area contributed by atoms with E-state index in [1.54, 1.807) is 0 Å². The highest BCUT2D eigenvalue weighted by Gasteiger charge is 2.38. The molecule has 0 N–H and O–H groups in total. The third-order valence-corrected chi connectivity index (χ3v) is 1.91. The van der Waals surface area contributed by atoms with E-state index in [-0.39, 0.29) is 0 Å². The van der Waals surface area contributed by atoms with Crippen LogP contribution in [0.1, 0.15) is 0 Å². The van der Waals surface area contributed by atoms with E-state index in [2.05, 4.69) is 0 Å². The smallest absolute Gasteiger partial charge is 0.258 e. The number of benzene rings is 1. The second-order valence-corrected chi connectivity index (χ2v) is 2.85. The molecule has 0 spiro atoms. The van der Waals surface area contributed by atoms with Crippen molar-refractivity contribution in [2.45, 2.75) is 0 Å². The molecule has 6 nitrogen and oxygen atoms in total. The molecule has 1 rings (SSSR count). The van der Waals surface area contributed by atoms with Gasteiger partial charge in [0.25, 0.3) is 5.82 Å². The Bertz CT molecular complexity index is 466. The average Bonchev–Trinajstić information content (AvgIpc) is 2.13. The first-order valence-corrected chi connectivity index (χ1v) is 3.81. The average molecular weight is 257 g/mol. The summed E-state index contributed by atoms with van der Waals surface area (Å²) in [5.74, 6) is -6.20. The molecule has 0 aliphatic heterocycles. The Hall–Kier alpha value is -1.90. The summed E-state index contributed by atoms with van der Waals surface area (Å²) in [4.78, 5) is 17.3. The van der Waals surface area contributed by atoms with Gasteiger partial charge in [0.2, 0.25) is 11.6 Å². The second-order valence-electron chi connectivity index (χ2n) is 2.47. The summed E-state index contributed by atoms with van der Waals surface area (Å²) in [6.45, 7) is 0. The molecule has 0 radical (unpaired) electrons. The molecular formula is C6ClF3N2O4. The van der Waals surface area contributed by atoms with Gasteiger partial charge >= 0.3 is 11.4 Å². The molecule has 0 amide bonds. The number of nitro benzene ring substituents is 2. The van der Waals surface area contributed by atoms with Crippen LogP contribution in [0.5, 0.6) is 0 Å². The summed E-state index contributed by atoms with van der Waals surface area (Å²) in [5, 5.41) is 18.9. The predicted octanol–water partition coefficient (Wildman–Crippen LogP) is 2.57. The maximum absolute atomic E-state index is 13.1. The van der Waals surface area contributed by atoms with Crippen molar-refractivity contribution in [1.29, 1.82) is 0 Å². The number of nitrogens with zero attached hydrogens (tertiary/aromatic N) is 2. The van der Waals surface area contributed by atoms with E-state index in [1.165, 1.54) is 0 Å². The van der Waals surface area contributed by atoms with Crippen molar-refractivity contribution in [3.63, 3.8) is 0 Å². The van der Waals surface area contributed by atoms with E-state index in [0.29, 0.717) is 0 Å². The van der Waals surface area contributed by atoms with Crippen LogP contribution in [-0.2, 0) is 0 Å². The van der Waals surface area contributed by atoms with Crippen molar-refractivity contribution >= 4 is 23.0 Å². The molecule has 0 saturated carbocycles. The largest absolute Gasteiger partial charge is 0.349 e. The third-order valence-electron chi connectivity index (χ3n) is 1.58. The van der Waals surface area contributed by atoms with Gasteiger partial charge in [-0.25, -0.2) is 0 Å². The van der Waals surface area contributed by atoms with E-state index in [1.807, 2.05) is 0 Å². The van der Waals surface area contributed by atoms with Gasteiger partial charge in [-0.15, -0.1) is 0 Å². The molecule has 0 aromatic heterocycles. The molecule has 0 unspecified atom stereocenters. The van der Waals surface area contributed by atoms with Gasteiger partial charge < -0.3 is 0 Å². The number of nitro groups is 2. The van der Waals surface area contributed by atoms with E-state index >= 15 is 0 Å². The minimum absolute atomic E-state index is 1.50. The lowest BCUT2D eigenvalue weighted by Gasteiger charge is -2.01. The summed E-state index contributed by atoms with van der Waals surface area (Å²) in [5.41, 5.74) is -3.73. The van der Waals surface area contributed by atoms with Gasteiger partial charge in [0.05, 0.1) is 9.85 Å². The zero-order valence-corrected chi connectivity index (χ0v) is 7.80. The molecule has 0 saturated heterocycles. The van der Waals surface area contributed by atoms with E-state index in [0.717, 1.165) is 0 Å². The van der Waals surface area contributed by atoms with Crippen LogP contribution in [-0.4, -0.2) is 9.85 Å². The Balaban J connectivity index is 3.80. The molecule has 1 aromatic rings.